The van der Waals surface area contributed by atoms with Crippen LogP contribution in [-0.2, 0) is 16.4 Å². The number of rotatable bonds is 7. The molecular formula is C22H23NO5S2. The van der Waals surface area contributed by atoms with Gasteiger partial charge < -0.3 is 9.47 Å². The second-order valence-corrected chi connectivity index (χ2v) is 9.24. The van der Waals surface area contributed by atoms with E-state index in [0.717, 1.165) is 28.0 Å². The van der Waals surface area contributed by atoms with Gasteiger partial charge in [-0.15, -0.1) is 11.3 Å². The van der Waals surface area contributed by atoms with E-state index in [1.54, 1.807) is 36.4 Å². The molecule has 30 heavy (non-hydrogen) atoms. The highest BCUT2D eigenvalue weighted by Gasteiger charge is 2.23. The smallest absolute Gasteiger partial charge is 0.354 e. The molecule has 0 amide bonds. The molecule has 6 nitrogen and oxygen atoms in total. The number of thiophene rings is 1. The molecule has 3 rings (SSSR count). The monoisotopic (exact) mass is 445 g/mol. The fourth-order valence-electron chi connectivity index (χ4n) is 3.12. The van der Waals surface area contributed by atoms with Crippen molar-refractivity contribution in [3.05, 3.63) is 63.8 Å². The van der Waals surface area contributed by atoms with E-state index in [-0.39, 0.29) is 4.90 Å². The van der Waals surface area contributed by atoms with Crippen LogP contribution in [0.1, 0.15) is 34.0 Å². The summed E-state index contributed by atoms with van der Waals surface area (Å²) in [5.74, 6) is 0.661. The Morgan fingerprint density at radius 1 is 1.00 bits per heavy atom. The lowest BCUT2D eigenvalue weighted by Crippen LogP contribution is -2.12. The topological polar surface area (TPSA) is 95.7 Å². The Hall–Kier alpha value is -2.68. The van der Waals surface area contributed by atoms with Crippen LogP contribution in [0.25, 0.3) is 11.1 Å². The first-order valence-electron chi connectivity index (χ1n) is 9.45. The molecule has 0 atom stereocenters. The second kappa shape index (κ2) is 8.99. The van der Waals surface area contributed by atoms with E-state index in [1.165, 1.54) is 23.5 Å². The predicted octanol–water partition coefficient (Wildman–Crippen LogP) is 4.55. The Kier molecular flexibility index (Phi) is 6.60. The predicted molar refractivity (Wildman–Crippen MR) is 118 cm³/mol. The molecule has 0 fully saturated rings. The van der Waals surface area contributed by atoms with E-state index in [9.17, 15) is 13.2 Å². The number of primary sulfonamides is 1. The maximum atomic E-state index is 13.0. The first-order chi connectivity index (χ1) is 14.2. The van der Waals surface area contributed by atoms with Crippen molar-refractivity contribution in [3.8, 4) is 22.6 Å². The van der Waals surface area contributed by atoms with Gasteiger partial charge in [-0.2, -0.15) is 0 Å². The van der Waals surface area contributed by atoms with Crippen LogP contribution in [0.15, 0.2) is 53.4 Å². The molecule has 0 radical (unpaired) electrons. The van der Waals surface area contributed by atoms with Crippen LogP contribution in [0.4, 0.5) is 0 Å². The molecule has 0 aliphatic rings. The fourth-order valence-corrected chi connectivity index (χ4v) is 4.78. The number of hydrogen-bond acceptors (Lipinski definition) is 6. The molecule has 0 bridgehead atoms. The molecule has 1 aromatic heterocycles. The minimum Gasteiger partial charge on any atom is -0.494 e. The number of hydrogen-bond donors (Lipinski definition) is 1. The normalized spacial score (nSPS) is 11.3. The van der Waals surface area contributed by atoms with Gasteiger partial charge in [-0.3, -0.25) is 0 Å². The lowest BCUT2D eigenvalue weighted by atomic mass is 10.0. The Balaban J connectivity index is 1.95. The zero-order chi connectivity index (χ0) is 21.9. The SMILES string of the molecule is CCOc1ccc(OC(=O)c2sc(CC)c(C)c2-c2ccc(S(N)(=O)=O)cc2)cc1. The number of esters is 1. The summed E-state index contributed by atoms with van der Waals surface area (Å²) < 4.78 is 34.1. The zero-order valence-corrected chi connectivity index (χ0v) is 18.6. The Morgan fingerprint density at radius 2 is 1.60 bits per heavy atom. The molecule has 2 N–H and O–H groups in total. The summed E-state index contributed by atoms with van der Waals surface area (Å²) >= 11 is 1.39. The molecule has 8 heteroatoms. The molecule has 0 unspecified atom stereocenters. The van der Waals surface area contributed by atoms with E-state index in [0.29, 0.717) is 23.0 Å². The Labute approximate surface area is 180 Å². The minimum atomic E-state index is -3.79. The van der Waals surface area contributed by atoms with E-state index >= 15 is 0 Å². The van der Waals surface area contributed by atoms with Gasteiger partial charge in [-0.05, 0) is 67.8 Å². The van der Waals surface area contributed by atoms with Crippen molar-refractivity contribution in [1.82, 2.24) is 0 Å². The number of benzene rings is 2. The minimum absolute atomic E-state index is 0.0216. The number of carbonyl (C=O) groups excluding carboxylic acids is 1. The summed E-state index contributed by atoms with van der Waals surface area (Å²) in [6, 6.07) is 13.1. The van der Waals surface area contributed by atoms with Crippen molar-refractivity contribution in [2.24, 2.45) is 5.14 Å². The number of nitrogens with two attached hydrogens (primary N) is 1. The number of carbonyl (C=O) groups is 1. The third-order valence-corrected chi connectivity index (χ3v) is 6.91. The van der Waals surface area contributed by atoms with Gasteiger partial charge in [0.15, 0.2) is 0 Å². The molecule has 0 saturated carbocycles. The van der Waals surface area contributed by atoms with Crippen molar-refractivity contribution in [2.45, 2.75) is 32.1 Å². The summed E-state index contributed by atoms with van der Waals surface area (Å²) in [6.45, 7) is 6.43. The van der Waals surface area contributed by atoms with Crippen molar-refractivity contribution >= 4 is 27.3 Å². The summed E-state index contributed by atoms with van der Waals surface area (Å²) in [7, 11) is -3.79. The standard InChI is InChI=1S/C22H23NO5S2/c1-4-19-14(3)20(15-6-12-18(13-7-15)30(23,25)26)21(29-19)22(24)28-17-10-8-16(9-11-17)27-5-2/h6-13H,4-5H2,1-3H3,(H2,23,25,26). The lowest BCUT2D eigenvalue weighted by Gasteiger charge is -2.08. The molecule has 158 valence electrons. The van der Waals surface area contributed by atoms with Crippen LogP contribution in [0.2, 0.25) is 0 Å². The highest BCUT2D eigenvalue weighted by atomic mass is 32.2. The molecule has 0 aliphatic carbocycles. The lowest BCUT2D eigenvalue weighted by molar-refractivity contribution is 0.0740. The molecule has 0 aliphatic heterocycles. The van der Waals surface area contributed by atoms with Crippen molar-refractivity contribution < 1.29 is 22.7 Å². The molecular weight excluding hydrogens is 422 g/mol. The van der Waals surface area contributed by atoms with Crippen LogP contribution in [0.3, 0.4) is 0 Å². The number of sulfonamides is 1. The molecule has 1 heterocycles. The maximum absolute atomic E-state index is 13.0. The summed E-state index contributed by atoms with van der Waals surface area (Å²) in [6.07, 6.45) is 0.773. The van der Waals surface area contributed by atoms with Gasteiger partial charge >= 0.3 is 5.97 Å². The molecule has 0 spiro atoms. The Bertz CT molecular complexity index is 1150. The average Bonchev–Trinajstić information content (AvgIpc) is 3.05. The van der Waals surface area contributed by atoms with Crippen molar-refractivity contribution in [1.29, 1.82) is 0 Å². The van der Waals surface area contributed by atoms with E-state index in [4.69, 9.17) is 14.6 Å². The third kappa shape index (κ3) is 4.72. The van der Waals surface area contributed by atoms with Gasteiger partial charge in [-0.25, -0.2) is 18.4 Å². The molecule has 2 aromatic carbocycles. The molecule has 0 saturated heterocycles. The highest BCUT2D eigenvalue weighted by molar-refractivity contribution is 7.89. The maximum Gasteiger partial charge on any atom is 0.354 e. The third-order valence-electron chi connectivity index (χ3n) is 4.57. The fraction of sp³-hybridized carbons (Fsp3) is 0.227. The van der Waals surface area contributed by atoms with Gasteiger partial charge in [0.1, 0.15) is 16.4 Å². The van der Waals surface area contributed by atoms with Crippen LogP contribution < -0.4 is 14.6 Å². The summed E-state index contributed by atoms with van der Waals surface area (Å²) in [5.41, 5.74) is 2.45. The number of ether oxygens (including phenoxy) is 2. The van der Waals surface area contributed by atoms with Gasteiger partial charge in [-0.1, -0.05) is 19.1 Å². The van der Waals surface area contributed by atoms with Gasteiger partial charge in [0.05, 0.1) is 11.5 Å². The van der Waals surface area contributed by atoms with Crippen LogP contribution in [-0.4, -0.2) is 21.0 Å². The van der Waals surface area contributed by atoms with Crippen LogP contribution >= 0.6 is 11.3 Å². The van der Waals surface area contributed by atoms with Crippen molar-refractivity contribution in [2.75, 3.05) is 6.61 Å². The summed E-state index contributed by atoms with van der Waals surface area (Å²) in [4.78, 5) is 14.5. The number of aryl methyl sites for hydroxylation is 1. The highest BCUT2D eigenvalue weighted by Crippen LogP contribution is 2.37. The second-order valence-electron chi connectivity index (χ2n) is 6.57. The van der Waals surface area contributed by atoms with Gasteiger partial charge in [0.2, 0.25) is 10.0 Å². The zero-order valence-electron chi connectivity index (χ0n) is 17.0. The first kappa shape index (κ1) is 22.0. The average molecular weight is 446 g/mol. The first-order valence-corrected chi connectivity index (χ1v) is 11.8. The van der Waals surface area contributed by atoms with Crippen LogP contribution in [0, 0.1) is 6.92 Å². The van der Waals surface area contributed by atoms with Gasteiger partial charge in [0.25, 0.3) is 0 Å². The molecule has 3 aromatic rings. The van der Waals surface area contributed by atoms with Crippen molar-refractivity contribution in [3.63, 3.8) is 0 Å². The van der Waals surface area contributed by atoms with E-state index < -0.39 is 16.0 Å². The summed E-state index contributed by atoms with van der Waals surface area (Å²) in [5, 5.41) is 5.19. The van der Waals surface area contributed by atoms with Gasteiger partial charge in [0, 0.05) is 10.4 Å². The quantitative estimate of drug-likeness (QED) is 0.425. The van der Waals surface area contributed by atoms with E-state index in [1.807, 2.05) is 20.8 Å². The largest absolute Gasteiger partial charge is 0.494 e. The van der Waals surface area contributed by atoms with E-state index in [2.05, 4.69) is 0 Å². The Morgan fingerprint density at radius 3 is 2.13 bits per heavy atom. The van der Waals surface area contributed by atoms with Crippen LogP contribution in [0.5, 0.6) is 11.5 Å².